The Morgan fingerprint density at radius 1 is 1.20 bits per heavy atom. The SMILES string of the molecule is CCCc1c(NC)ncnc1NCCc1ccc(Br)s1. The normalized spacial score (nSPS) is 10.6. The van der Waals surface area contributed by atoms with Crippen LogP contribution in [0.15, 0.2) is 22.2 Å². The van der Waals surface area contributed by atoms with Crippen LogP contribution in [-0.4, -0.2) is 23.6 Å². The van der Waals surface area contributed by atoms with Crippen LogP contribution >= 0.6 is 27.3 Å². The number of rotatable bonds is 7. The summed E-state index contributed by atoms with van der Waals surface area (Å²) < 4.78 is 1.18. The number of thiophene rings is 1. The van der Waals surface area contributed by atoms with Crippen LogP contribution in [0, 0.1) is 0 Å². The molecular formula is C14H19BrN4S. The Bertz CT molecular complexity index is 556. The predicted molar refractivity (Wildman–Crippen MR) is 89.8 cm³/mol. The van der Waals surface area contributed by atoms with Gasteiger partial charge in [0.05, 0.1) is 3.79 Å². The number of nitrogens with zero attached hydrogens (tertiary/aromatic N) is 2. The van der Waals surface area contributed by atoms with Gasteiger partial charge >= 0.3 is 0 Å². The van der Waals surface area contributed by atoms with Crippen molar-refractivity contribution >= 4 is 38.9 Å². The van der Waals surface area contributed by atoms with Crippen molar-refractivity contribution in [2.24, 2.45) is 0 Å². The quantitative estimate of drug-likeness (QED) is 0.790. The maximum Gasteiger partial charge on any atom is 0.134 e. The summed E-state index contributed by atoms with van der Waals surface area (Å²) in [4.78, 5) is 10.0. The topological polar surface area (TPSA) is 49.8 Å². The smallest absolute Gasteiger partial charge is 0.134 e. The first-order valence-electron chi connectivity index (χ1n) is 6.74. The van der Waals surface area contributed by atoms with Crippen molar-refractivity contribution < 1.29 is 0 Å². The molecule has 2 aromatic heterocycles. The van der Waals surface area contributed by atoms with Gasteiger partial charge in [0.1, 0.15) is 18.0 Å². The molecule has 0 bridgehead atoms. The highest BCUT2D eigenvalue weighted by Gasteiger charge is 2.09. The van der Waals surface area contributed by atoms with Crippen LogP contribution in [0.2, 0.25) is 0 Å². The Hall–Kier alpha value is -1.14. The molecule has 4 nitrogen and oxygen atoms in total. The van der Waals surface area contributed by atoms with Gasteiger partial charge in [0.25, 0.3) is 0 Å². The van der Waals surface area contributed by atoms with E-state index in [1.165, 1.54) is 14.2 Å². The lowest BCUT2D eigenvalue weighted by molar-refractivity contribution is 0.896. The van der Waals surface area contributed by atoms with Crippen LogP contribution in [0.4, 0.5) is 11.6 Å². The summed E-state index contributed by atoms with van der Waals surface area (Å²) in [5, 5.41) is 6.57. The molecule has 2 N–H and O–H groups in total. The summed E-state index contributed by atoms with van der Waals surface area (Å²) in [7, 11) is 1.90. The van der Waals surface area contributed by atoms with Crippen LogP contribution in [0.5, 0.6) is 0 Å². The minimum atomic E-state index is 0.879. The molecule has 0 unspecified atom stereocenters. The maximum atomic E-state index is 4.37. The Morgan fingerprint density at radius 3 is 2.65 bits per heavy atom. The second-order valence-corrected chi connectivity index (χ2v) is 6.98. The molecule has 2 heterocycles. The average Bonchev–Trinajstić information content (AvgIpc) is 2.86. The minimum absolute atomic E-state index is 0.879. The summed E-state index contributed by atoms with van der Waals surface area (Å²) in [5.41, 5.74) is 1.17. The summed E-state index contributed by atoms with van der Waals surface area (Å²) in [6, 6.07) is 4.24. The fraction of sp³-hybridized carbons (Fsp3) is 0.429. The molecule has 6 heteroatoms. The molecule has 2 rings (SSSR count). The van der Waals surface area contributed by atoms with Gasteiger partial charge in [-0.1, -0.05) is 13.3 Å². The van der Waals surface area contributed by atoms with Crippen molar-refractivity contribution in [2.75, 3.05) is 24.2 Å². The van der Waals surface area contributed by atoms with E-state index in [9.17, 15) is 0 Å². The van der Waals surface area contributed by atoms with Crippen molar-refractivity contribution in [2.45, 2.75) is 26.2 Å². The third-order valence-electron chi connectivity index (χ3n) is 2.97. The Morgan fingerprint density at radius 2 is 2.00 bits per heavy atom. The molecule has 0 saturated carbocycles. The van der Waals surface area contributed by atoms with Crippen molar-refractivity contribution in [1.82, 2.24) is 9.97 Å². The summed E-state index contributed by atoms with van der Waals surface area (Å²) >= 11 is 5.27. The highest BCUT2D eigenvalue weighted by Crippen LogP contribution is 2.23. The largest absolute Gasteiger partial charge is 0.373 e. The fourth-order valence-corrected chi connectivity index (χ4v) is 3.54. The zero-order chi connectivity index (χ0) is 14.4. The van der Waals surface area contributed by atoms with Crippen LogP contribution in [-0.2, 0) is 12.8 Å². The van der Waals surface area contributed by atoms with Gasteiger partial charge in [-0.2, -0.15) is 0 Å². The molecule has 0 fully saturated rings. The van der Waals surface area contributed by atoms with Crippen LogP contribution in [0.3, 0.4) is 0 Å². The number of nitrogens with one attached hydrogen (secondary N) is 2. The van der Waals surface area contributed by atoms with Gasteiger partial charge in [0, 0.05) is 24.0 Å². The average molecular weight is 355 g/mol. The van der Waals surface area contributed by atoms with Gasteiger partial charge in [-0.3, -0.25) is 0 Å². The van der Waals surface area contributed by atoms with E-state index in [1.54, 1.807) is 17.7 Å². The van der Waals surface area contributed by atoms with Crippen LogP contribution in [0.1, 0.15) is 23.8 Å². The molecule has 20 heavy (non-hydrogen) atoms. The standard InChI is InChI=1S/C14H19BrN4S/c1-3-4-11-13(16-2)18-9-19-14(11)17-8-7-10-5-6-12(15)20-10/h5-6,9H,3-4,7-8H2,1-2H3,(H2,16,17,18,19). The van der Waals surface area contributed by atoms with Crippen molar-refractivity contribution in [3.8, 4) is 0 Å². The third-order valence-corrected chi connectivity index (χ3v) is 4.66. The number of aromatic nitrogens is 2. The van der Waals surface area contributed by atoms with E-state index in [0.717, 1.165) is 37.4 Å². The van der Waals surface area contributed by atoms with E-state index >= 15 is 0 Å². The molecule has 0 aliphatic heterocycles. The first-order chi connectivity index (χ1) is 9.74. The summed E-state index contributed by atoms with van der Waals surface area (Å²) in [6.07, 6.45) is 4.66. The molecule has 0 aliphatic rings. The molecule has 2 aromatic rings. The molecule has 0 amide bonds. The lowest BCUT2D eigenvalue weighted by atomic mass is 10.1. The highest BCUT2D eigenvalue weighted by molar-refractivity contribution is 9.11. The van der Waals surface area contributed by atoms with E-state index in [2.05, 4.69) is 55.6 Å². The number of anilines is 2. The van der Waals surface area contributed by atoms with Gasteiger partial charge in [-0.15, -0.1) is 11.3 Å². The molecular weight excluding hydrogens is 336 g/mol. The molecule has 0 aromatic carbocycles. The zero-order valence-corrected chi connectivity index (χ0v) is 14.1. The lowest BCUT2D eigenvalue weighted by Crippen LogP contribution is -2.10. The van der Waals surface area contributed by atoms with Crippen LogP contribution < -0.4 is 10.6 Å². The summed E-state index contributed by atoms with van der Waals surface area (Å²) in [5.74, 6) is 1.87. The molecule has 108 valence electrons. The van der Waals surface area contributed by atoms with E-state index in [-0.39, 0.29) is 0 Å². The van der Waals surface area contributed by atoms with Gasteiger partial charge in [-0.25, -0.2) is 9.97 Å². The highest BCUT2D eigenvalue weighted by atomic mass is 79.9. The summed E-state index contributed by atoms with van der Waals surface area (Å²) in [6.45, 7) is 3.04. The molecule has 0 atom stereocenters. The second kappa shape index (κ2) is 7.59. The van der Waals surface area contributed by atoms with E-state index < -0.39 is 0 Å². The third kappa shape index (κ3) is 3.93. The van der Waals surface area contributed by atoms with Crippen molar-refractivity contribution in [3.05, 3.63) is 32.7 Å². The monoisotopic (exact) mass is 354 g/mol. The van der Waals surface area contributed by atoms with Crippen molar-refractivity contribution in [1.29, 1.82) is 0 Å². The van der Waals surface area contributed by atoms with Gasteiger partial charge < -0.3 is 10.6 Å². The lowest BCUT2D eigenvalue weighted by Gasteiger charge is -2.13. The van der Waals surface area contributed by atoms with E-state index in [4.69, 9.17) is 0 Å². The first-order valence-corrected chi connectivity index (χ1v) is 8.35. The van der Waals surface area contributed by atoms with Crippen molar-refractivity contribution in [3.63, 3.8) is 0 Å². The van der Waals surface area contributed by atoms with Gasteiger partial charge in [0.2, 0.25) is 0 Å². The zero-order valence-electron chi connectivity index (χ0n) is 11.7. The van der Waals surface area contributed by atoms with Crippen LogP contribution in [0.25, 0.3) is 0 Å². The van der Waals surface area contributed by atoms with E-state index in [1.807, 2.05) is 7.05 Å². The van der Waals surface area contributed by atoms with E-state index in [0.29, 0.717) is 0 Å². The minimum Gasteiger partial charge on any atom is -0.373 e. The second-order valence-electron chi connectivity index (χ2n) is 4.43. The number of hydrogen-bond acceptors (Lipinski definition) is 5. The molecule has 0 spiro atoms. The van der Waals surface area contributed by atoms with Gasteiger partial charge in [-0.05, 0) is 40.9 Å². The first kappa shape index (κ1) is 15.3. The Balaban J connectivity index is 2.01. The molecule has 0 saturated heterocycles. The predicted octanol–water partition coefficient (Wildman–Crippen LogP) is 3.95. The Kier molecular flexibility index (Phi) is 5.79. The number of hydrogen-bond donors (Lipinski definition) is 2. The maximum absolute atomic E-state index is 4.37. The van der Waals surface area contributed by atoms with Gasteiger partial charge in [0.15, 0.2) is 0 Å². The Labute approximate surface area is 132 Å². The number of halogens is 1. The molecule has 0 radical (unpaired) electrons. The molecule has 0 aliphatic carbocycles. The fourth-order valence-electron chi connectivity index (χ4n) is 2.06.